The van der Waals surface area contributed by atoms with Crippen LogP contribution < -0.4 is 5.32 Å². The molecule has 0 radical (unpaired) electrons. The molecule has 2 rings (SSSR count). The van der Waals surface area contributed by atoms with Gasteiger partial charge in [-0.25, -0.2) is 0 Å². The van der Waals surface area contributed by atoms with Gasteiger partial charge in [-0.3, -0.25) is 9.48 Å². The van der Waals surface area contributed by atoms with Crippen molar-refractivity contribution in [3.63, 3.8) is 0 Å². The zero-order valence-corrected chi connectivity index (χ0v) is 11.9. The zero-order chi connectivity index (χ0) is 15.6. The fourth-order valence-corrected chi connectivity index (χ4v) is 2.48. The first-order chi connectivity index (χ1) is 9.92. The molecule has 0 aromatic carbocycles. The van der Waals surface area contributed by atoms with E-state index in [2.05, 4.69) is 15.6 Å². The minimum absolute atomic E-state index is 0.291. The van der Waals surface area contributed by atoms with E-state index >= 15 is 0 Å². The highest BCUT2D eigenvalue weighted by Gasteiger charge is 2.44. The predicted molar refractivity (Wildman–Crippen MR) is 70.1 cm³/mol. The third kappa shape index (κ3) is 3.56. The average molecular weight is 300 g/mol. The molecule has 1 fully saturated rings. The smallest absolute Gasteiger partial charge is 0.217 e. The van der Waals surface area contributed by atoms with Crippen molar-refractivity contribution in [3.8, 4) is 0 Å². The number of aromatic nitrogens is 3. The van der Waals surface area contributed by atoms with Crippen LogP contribution in [0.4, 0.5) is 0 Å². The van der Waals surface area contributed by atoms with Crippen molar-refractivity contribution in [2.75, 3.05) is 6.61 Å². The van der Waals surface area contributed by atoms with Crippen molar-refractivity contribution in [2.24, 2.45) is 7.05 Å². The number of amides is 1. The van der Waals surface area contributed by atoms with Gasteiger partial charge in [-0.05, 0) is 0 Å². The summed E-state index contributed by atoms with van der Waals surface area (Å²) in [7, 11) is 1.72. The molecule has 1 amide bonds. The normalized spacial score (nSPS) is 32.9. The molecular weight excluding hydrogens is 280 g/mol. The van der Waals surface area contributed by atoms with E-state index in [1.54, 1.807) is 13.2 Å². The second kappa shape index (κ2) is 6.48. The molecule has 1 aromatic rings. The molecule has 1 aromatic heterocycles. The van der Waals surface area contributed by atoms with E-state index in [0.29, 0.717) is 12.1 Å². The number of hydrogen-bond donors (Lipinski definition) is 4. The second-order valence-electron chi connectivity index (χ2n) is 5.19. The molecule has 0 unspecified atom stereocenters. The van der Waals surface area contributed by atoms with Crippen LogP contribution in [0.15, 0.2) is 6.20 Å². The van der Waals surface area contributed by atoms with E-state index in [-0.39, 0.29) is 5.91 Å². The number of ether oxygens (including phenoxy) is 1. The quantitative estimate of drug-likeness (QED) is 0.477. The number of hydrogen-bond acceptors (Lipinski definition) is 7. The Kier molecular flexibility index (Phi) is 4.88. The number of nitrogens with one attached hydrogen (secondary N) is 1. The minimum Gasteiger partial charge on any atom is -0.394 e. The molecule has 0 bridgehead atoms. The average Bonchev–Trinajstić information content (AvgIpc) is 2.83. The number of aliphatic hydroxyl groups is 3. The summed E-state index contributed by atoms with van der Waals surface area (Å²) in [6.07, 6.45) is -2.06. The first-order valence-electron chi connectivity index (χ1n) is 6.67. The molecule has 0 spiro atoms. The third-order valence-electron chi connectivity index (χ3n) is 3.46. The highest BCUT2D eigenvalue weighted by Crippen LogP contribution is 2.23. The van der Waals surface area contributed by atoms with Crippen LogP contribution in [0.2, 0.25) is 0 Å². The summed E-state index contributed by atoms with van der Waals surface area (Å²) in [5.41, 5.74) is 0.623. The number of aryl methyl sites for hydroxylation is 1. The summed E-state index contributed by atoms with van der Waals surface area (Å²) >= 11 is 0. The van der Waals surface area contributed by atoms with Gasteiger partial charge in [0.1, 0.15) is 18.3 Å². The number of carbonyl (C=O) groups is 1. The maximum Gasteiger partial charge on any atom is 0.217 e. The molecule has 21 heavy (non-hydrogen) atoms. The summed E-state index contributed by atoms with van der Waals surface area (Å²) in [5.74, 6) is -0.346. The SMILES string of the molecule is CC(=O)N[C@@H]1[C@@H](O)[C@@H](O)[C@@H](CO)O[C@@H]1Cc1cn(C)nn1. The van der Waals surface area contributed by atoms with Crippen LogP contribution in [0.3, 0.4) is 0 Å². The topological polar surface area (TPSA) is 130 Å². The van der Waals surface area contributed by atoms with Crippen molar-refractivity contribution in [1.82, 2.24) is 20.3 Å². The largest absolute Gasteiger partial charge is 0.394 e. The van der Waals surface area contributed by atoms with Crippen molar-refractivity contribution in [1.29, 1.82) is 0 Å². The van der Waals surface area contributed by atoms with E-state index < -0.39 is 37.1 Å². The molecule has 1 saturated heterocycles. The van der Waals surface area contributed by atoms with E-state index in [4.69, 9.17) is 4.74 Å². The van der Waals surface area contributed by atoms with Crippen LogP contribution in [-0.4, -0.2) is 73.3 Å². The Balaban J connectivity index is 2.17. The monoisotopic (exact) mass is 300 g/mol. The van der Waals surface area contributed by atoms with Gasteiger partial charge >= 0.3 is 0 Å². The Morgan fingerprint density at radius 1 is 1.43 bits per heavy atom. The van der Waals surface area contributed by atoms with Gasteiger partial charge < -0.3 is 25.4 Å². The Morgan fingerprint density at radius 2 is 2.14 bits per heavy atom. The number of nitrogens with zero attached hydrogens (tertiary/aromatic N) is 3. The van der Waals surface area contributed by atoms with Gasteiger partial charge in [0, 0.05) is 26.6 Å². The molecule has 5 atom stereocenters. The standard InChI is InChI=1S/C12H20N4O5/c1-6(18)13-10-8(3-7-4-16(2)15-14-7)21-9(5-17)11(19)12(10)20/h4,8-12,17,19-20H,3,5H2,1-2H3,(H,13,18)/t8-,9-,10+,11+,12-/m1/s1. The molecule has 4 N–H and O–H groups in total. The molecule has 2 heterocycles. The van der Waals surface area contributed by atoms with Crippen LogP contribution >= 0.6 is 0 Å². The fraction of sp³-hybridized carbons (Fsp3) is 0.750. The number of rotatable bonds is 4. The molecule has 1 aliphatic rings. The van der Waals surface area contributed by atoms with Gasteiger partial charge in [0.25, 0.3) is 0 Å². The molecule has 9 heteroatoms. The van der Waals surface area contributed by atoms with E-state index in [0.717, 1.165) is 0 Å². The van der Waals surface area contributed by atoms with Crippen molar-refractivity contribution in [3.05, 3.63) is 11.9 Å². The minimum atomic E-state index is -1.27. The lowest BCUT2D eigenvalue weighted by atomic mass is 9.90. The lowest BCUT2D eigenvalue weighted by molar-refractivity contribution is -0.194. The van der Waals surface area contributed by atoms with Crippen molar-refractivity contribution < 1.29 is 24.9 Å². The summed E-state index contributed by atoms with van der Waals surface area (Å²) in [5, 5.41) is 39.6. The summed E-state index contributed by atoms with van der Waals surface area (Å²) in [6.45, 7) is 0.888. The van der Waals surface area contributed by atoms with Gasteiger partial charge in [0.15, 0.2) is 0 Å². The Morgan fingerprint density at radius 3 is 2.67 bits per heavy atom. The van der Waals surface area contributed by atoms with Gasteiger partial charge in [0.2, 0.25) is 5.91 Å². The molecular formula is C12H20N4O5. The first-order valence-corrected chi connectivity index (χ1v) is 6.67. The van der Waals surface area contributed by atoms with Crippen LogP contribution in [0, 0.1) is 0 Å². The maximum atomic E-state index is 11.3. The summed E-state index contributed by atoms with van der Waals surface area (Å²) in [6, 6.07) is -0.790. The molecule has 0 aliphatic carbocycles. The van der Waals surface area contributed by atoms with Gasteiger partial charge in [-0.15, -0.1) is 5.10 Å². The van der Waals surface area contributed by atoms with E-state index in [1.807, 2.05) is 0 Å². The van der Waals surface area contributed by atoms with Crippen LogP contribution in [0.1, 0.15) is 12.6 Å². The Bertz CT molecular complexity index is 494. The van der Waals surface area contributed by atoms with Crippen LogP contribution in [0.25, 0.3) is 0 Å². The first kappa shape index (κ1) is 15.8. The zero-order valence-electron chi connectivity index (χ0n) is 11.9. The van der Waals surface area contributed by atoms with Crippen LogP contribution in [0.5, 0.6) is 0 Å². The van der Waals surface area contributed by atoms with Gasteiger partial charge in [-0.1, -0.05) is 5.21 Å². The van der Waals surface area contributed by atoms with Crippen molar-refractivity contribution >= 4 is 5.91 Å². The summed E-state index contributed by atoms with van der Waals surface area (Å²) < 4.78 is 7.12. The van der Waals surface area contributed by atoms with Crippen LogP contribution in [-0.2, 0) is 23.0 Å². The van der Waals surface area contributed by atoms with E-state index in [1.165, 1.54) is 11.6 Å². The second-order valence-corrected chi connectivity index (χ2v) is 5.19. The lowest BCUT2D eigenvalue weighted by Crippen LogP contribution is -2.64. The van der Waals surface area contributed by atoms with Gasteiger partial charge in [-0.2, -0.15) is 0 Å². The molecule has 9 nitrogen and oxygen atoms in total. The maximum absolute atomic E-state index is 11.3. The highest BCUT2D eigenvalue weighted by molar-refractivity contribution is 5.73. The Labute approximate surface area is 121 Å². The number of aliphatic hydroxyl groups excluding tert-OH is 3. The van der Waals surface area contributed by atoms with Crippen molar-refractivity contribution in [2.45, 2.75) is 43.8 Å². The highest BCUT2D eigenvalue weighted by atomic mass is 16.5. The number of carbonyl (C=O) groups excluding carboxylic acids is 1. The van der Waals surface area contributed by atoms with E-state index in [9.17, 15) is 20.1 Å². The van der Waals surface area contributed by atoms with Gasteiger partial charge in [0.05, 0.1) is 24.4 Å². The summed E-state index contributed by atoms with van der Waals surface area (Å²) in [4.78, 5) is 11.3. The molecule has 118 valence electrons. The predicted octanol–water partition coefficient (Wildman–Crippen LogP) is -2.66. The third-order valence-corrected chi connectivity index (χ3v) is 3.46. The fourth-order valence-electron chi connectivity index (χ4n) is 2.48. The molecule has 1 aliphatic heterocycles. The Hall–Kier alpha value is -1.55. The molecule has 0 saturated carbocycles. The lowest BCUT2D eigenvalue weighted by Gasteiger charge is -2.42.